The topological polar surface area (TPSA) is 30.5 Å². The van der Waals surface area contributed by atoms with Crippen LogP contribution in [0.2, 0.25) is 0 Å². The number of nitrogens with one attached hydrogen (secondary N) is 1. The molecule has 1 heterocycles. The molecule has 0 radical (unpaired) electrons. The summed E-state index contributed by atoms with van der Waals surface area (Å²) in [5.41, 5.74) is 0. The molecule has 15 heavy (non-hydrogen) atoms. The maximum Gasteiger partial charge on any atom is 0.0831 e. The Bertz CT molecular complexity index is 154. The summed E-state index contributed by atoms with van der Waals surface area (Å²) in [7, 11) is 0. The van der Waals surface area contributed by atoms with Gasteiger partial charge in [0, 0.05) is 18.7 Å². The van der Waals surface area contributed by atoms with Crippen molar-refractivity contribution in [1.29, 1.82) is 0 Å². The molecule has 0 aromatic heterocycles. The van der Waals surface area contributed by atoms with E-state index in [-0.39, 0.29) is 0 Å². The molecule has 3 heteroatoms. The first kappa shape index (κ1) is 12.9. The summed E-state index contributed by atoms with van der Waals surface area (Å²) in [5.74, 6) is 0. The lowest BCUT2D eigenvalue weighted by Gasteiger charge is -2.22. The van der Waals surface area contributed by atoms with Crippen LogP contribution in [0.25, 0.3) is 0 Å². The molecule has 1 aliphatic rings. The van der Waals surface area contributed by atoms with Gasteiger partial charge in [0.05, 0.1) is 19.3 Å². The van der Waals surface area contributed by atoms with Gasteiger partial charge in [-0.3, -0.25) is 0 Å². The van der Waals surface area contributed by atoms with Gasteiger partial charge in [-0.1, -0.05) is 13.8 Å². The van der Waals surface area contributed by atoms with E-state index in [9.17, 15) is 0 Å². The van der Waals surface area contributed by atoms with Crippen LogP contribution in [-0.4, -0.2) is 38.0 Å². The largest absolute Gasteiger partial charge is 0.379 e. The Kier molecular flexibility index (Phi) is 6.22. The lowest BCUT2D eigenvalue weighted by Crippen LogP contribution is -2.39. The fourth-order valence-corrected chi connectivity index (χ4v) is 1.90. The lowest BCUT2D eigenvalue weighted by molar-refractivity contribution is 0.0307. The highest BCUT2D eigenvalue weighted by Crippen LogP contribution is 2.08. The van der Waals surface area contributed by atoms with Crippen LogP contribution in [0.5, 0.6) is 0 Å². The first-order valence-corrected chi connectivity index (χ1v) is 6.21. The molecular weight excluding hydrogens is 190 g/mol. The Morgan fingerprint density at radius 2 is 2.13 bits per heavy atom. The van der Waals surface area contributed by atoms with Crippen molar-refractivity contribution in [2.75, 3.05) is 19.8 Å². The molecule has 2 unspecified atom stereocenters. The van der Waals surface area contributed by atoms with Crippen LogP contribution in [0.1, 0.15) is 40.0 Å². The van der Waals surface area contributed by atoms with Crippen molar-refractivity contribution in [2.45, 2.75) is 58.2 Å². The van der Waals surface area contributed by atoms with Gasteiger partial charge in [0.2, 0.25) is 0 Å². The van der Waals surface area contributed by atoms with E-state index in [0.717, 1.165) is 26.2 Å². The maximum atomic E-state index is 5.77. The minimum absolute atomic E-state index is 0.330. The highest BCUT2D eigenvalue weighted by Gasteiger charge is 2.17. The van der Waals surface area contributed by atoms with Gasteiger partial charge in [-0.2, -0.15) is 0 Å². The molecule has 1 saturated heterocycles. The van der Waals surface area contributed by atoms with Crippen molar-refractivity contribution in [2.24, 2.45) is 0 Å². The van der Waals surface area contributed by atoms with Gasteiger partial charge >= 0.3 is 0 Å². The summed E-state index contributed by atoms with van der Waals surface area (Å²) >= 11 is 0. The fourth-order valence-electron chi connectivity index (χ4n) is 1.90. The van der Waals surface area contributed by atoms with Crippen LogP contribution in [0.3, 0.4) is 0 Å². The highest BCUT2D eigenvalue weighted by atomic mass is 16.5. The van der Waals surface area contributed by atoms with E-state index in [0.29, 0.717) is 18.2 Å². The molecule has 1 aliphatic heterocycles. The van der Waals surface area contributed by atoms with E-state index in [1.807, 2.05) is 0 Å². The summed E-state index contributed by atoms with van der Waals surface area (Å²) < 4.78 is 11.0. The second kappa shape index (κ2) is 7.20. The Hall–Kier alpha value is -0.120. The Morgan fingerprint density at radius 1 is 1.40 bits per heavy atom. The van der Waals surface area contributed by atoms with E-state index in [1.54, 1.807) is 0 Å². The lowest BCUT2D eigenvalue weighted by atomic mass is 10.1. The minimum Gasteiger partial charge on any atom is -0.379 e. The standard InChI is InChI=1S/C12H25NO2/c1-4-11(5-2)13-10(3)8-15-12-6-7-14-9-12/h10-13H,4-9H2,1-3H3. The fraction of sp³-hybridized carbons (Fsp3) is 1.00. The molecule has 2 atom stereocenters. The highest BCUT2D eigenvalue weighted by molar-refractivity contribution is 4.70. The van der Waals surface area contributed by atoms with Crippen molar-refractivity contribution >= 4 is 0 Å². The van der Waals surface area contributed by atoms with E-state index in [4.69, 9.17) is 9.47 Å². The quantitative estimate of drug-likeness (QED) is 0.704. The Labute approximate surface area is 93.5 Å². The van der Waals surface area contributed by atoms with E-state index < -0.39 is 0 Å². The monoisotopic (exact) mass is 215 g/mol. The third-order valence-corrected chi connectivity index (χ3v) is 2.98. The molecule has 0 aromatic rings. The first-order chi connectivity index (χ1) is 7.26. The van der Waals surface area contributed by atoms with Gasteiger partial charge in [0.25, 0.3) is 0 Å². The molecule has 1 rings (SSSR count). The summed E-state index contributed by atoms with van der Waals surface area (Å²) in [6.45, 7) is 9.06. The Morgan fingerprint density at radius 3 is 2.67 bits per heavy atom. The SMILES string of the molecule is CCC(CC)NC(C)COC1CCOC1. The zero-order chi connectivity index (χ0) is 11.1. The molecule has 0 aromatic carbocycles. The normalized spacial score (nSPS) is 23.6. The van der Waals surface area contributed by atoms with E-state index in [1.165, 1.54) is 12.8 Å². The van der Waals surface area contributed by atoms with E-state index >= 15 is 0 Å². The summed E-state index contributed by atoms with van der Waals surface area (Å²) in [4.78, 5) is 0. The molecular formula is C12H25NO2. The number of rotatable bonds is 7. The zero-order valence-corrected chi connectivity index (χ0v) is 10.3. The summed E-state index contributed by atoms with van der Waals surface area (Å²) in [6, 6.07) is 1.07. The molecule has 0 saturated carbocycles. The first-order valence-electron chi connectivity index (χ1n) is 6.21. The smallest absolute Gasteiger partial charge is 0.0831 e. The maximum absolute atomic E-state index is 5.77. The van der Waals surface area contributed by atoms with Crippen LogP contribution in [0.15, 0.2) is 0 Å². The van der Waals surface area contributed by atoms with Crippen molar-refractivity contribution in [3.05, 3.63) is 0 Å². The predicted molar refractivity (Wildman–Crippen MR) is 62.1 cm³/mol. The van der Waals surface area contributed by atoms with Crippen LogP contribution < -0.4 is 5.32 Å². The number of hydrogen-bond acceptors (Lipinski definition) is 3. The molecule has 3 nitrogen and oxygen atoms in total. The molecule has 0 amide bonds. The van der Waals surface area contributed by atoms with Crippen LogP contribution in [0, 0.1) is 0 Å². The van der Waals surface area contributed by atoms with Crippen molar-refractivity contribution in [3.63, 3.8) is 0 Å². The van der Waals surface area contributed by atoms with Crippen LogP contribution in [-0.2, 0) is 9.47 Å². The number of ether oxygens (including phenoxy) is 2. The minimum atomic E-state index is 0.330. The molecule has 1 fully saturated rings. The zero-order valence-electron chi connectivity index (χ0n) is 10.3. The van der Waals surface area contributed by atoms with Gasteiger partial charge in [0.15, 0.2) is 0 Å². The third-order valence-electron chi connectivity index (χ3n) is 2.98. The van der Waals surface area contributed by atoms with Gasteiger partial charge in [-0.25, -0.2) is 0 Å². The third kappa shape index (κ3) is 4.96. The molecule has 90 valence electrons. The average Bonchev–Trinajstić information content (AvgIpc) is 2.75. The van der Waals surface area contributed by atoms with Crippen LogP contribution in [0.4, 0.5) is 0 Å². The van der Waals surface area contributed by atoms with Crippen molar-refractivity contribution in [3.8, 4) is 0 Å². The second-order valence-corrected chi connectivity index (χ2v) is 4.40. The van der Waals surface area contributed by atoms with Crippen molar-refractivity contribution in [1.82, 2.24) is 5.32 Å². The molecule has 0 aliphatic carbocycles. The Balaban J connectivity index is 2.08. The molecule has 0 spiro atoms. The van der Waals surface area contributed by atoms with Gasteiger partial charge in [-0.15, -0.1) is 0 Å². The molecule has 1 N–H and O–H groups in total. The second-order valence-electron chi connectivity index (χ2n) is 4.40. The summed E-state index contributed by atoms with van der Waals surface area (Å²) in [6.07, 6.45) is 3.76. The predicted octanol–water partition coefficient (Wildman–Crippen LogP) is 1.96. The van der Waals surface area contributed by atoms with Crippen LogP contribution >= 0.6 is 0 Å². The van der Waals surface area contributed by atoms with E-state index in [2.05, 4.69) is 26.1 Å². The van der Waals surface area contributed by atoms with Gasteiger partial charge < -0.3 is 14.8 Å². The molecule has 0 bridgehead atoms. The van der Waals surface area contributed by atoms with Crippen molar-refractivity contribution < 1.29 is 9.47 Å². The number of hydrogen-bond donors (Lipinski definition) is 1. The van der Waals surface area contributed by atoms with Gasteiger partial charge in [0.1, 0.15) is 0 Å². The summed E-state index contributed by atoms with van der Waals surface area (Å²) in [5, 5.41) is 3.57. The average molecular weight is 215 g/mol. The van der Waals surface area contributed by atoms with Gasteiger partial charge in [-0.05, 0) is 26.2 Å².